The van der Waals surface area contributed by atoms with E-state index in [2.05, 4.69) is 5.32 Å². The Balaban J connectivity index is 2.06. The maximum atomic E-state index is 9.90. The van der Waals surface area contributed by atoms with Gasteiger partial charge >= 0.3 is 0 Å². The second kappa shape index (κ2) is 5.20. The standard InChI is InChI=1S/C10H19NO4S/c1-16-10-8(14)6(12)7(13)9(15-10)5-3-2-4-11-5/h5-14H,2-4H2,1H3/t5-,6?,7?,8-,9-,10?/m1/s1. The molecule has 0 saturated carbocycles. The minimum atomic E-state index is -1.13. The predicted molar refractivity (Wildman–Crippen MR) is 61.2 cm³/mol. The van der Waals surface area contributed by atoms with Gasteiger partial charge in [-0.05, 0) is 25.6 Å². The van der Waals surface area contributed by atoms with E-state index in [-0.39, 0.29) is 6.04 Å². The zero-order chi connectivity index (χ0) is 11.7. The van der Waals surface area contributed by atoms with Crippen molar-refractivity contribution in [2.24, 2.45) is 0 Å². The van der Waals surface area contributed by atoms with Crippen LogP contribution in [0.25, 0.3) is 0 Å². The SMILES string of the molecule is CSC1O[C@H]([C@H]2CCCN2)C(O)C(O)[C@H]1O. The smallest absolute Gasteiger partial charge is 0.132 e. The molecule has 0 amide bonds. The molecule has 2 heterocycles. The second-order valence-corrected chi connectivity index (χ2v) is 5.32. The number of aliphatic hydroxyl groups excluding tert-OH is 3. The van der Waals surface area contributed by atoms with Crippen molar-refractivity contribution in [3.8, 4) is 0 Å². The summed E-state index contributed by atoms with van der Waals surface area (Å²) in [7, 11) is 0. The normalized spacial score (nSPS) is 49.5. The molecule has 5 nitrogen and oxygen atoms in total. The van der Waals surface area contributed by atoms with E-state index in [4.69, 9.17) is 4.74 Å². The summed E-state index contributed by atoms with van der Waals surface area (Å²) in [5, 5.41) is 32.6. The summed E-state index contributed by atoms with van der Waals surface area (Å²) in [5.41, 5.74) is -0.467. The Bertz CT molecular complexity index is 235. The van der Waals surface area contributed by atoms with Crippen LogP contribution in [0.3, 0.4) is 0 Å². The Morgan fingerprint density at radius 3 is 2.50 bits per heavy atom. The number of thioether (sulfide) groups is 1. The van der Waals surface area contributed by atoms with E-state index in [1.807, 2.05) is 6.26 Å². The van der Waals surface area contributed by atoms with Gasteiger partial charge in [0, 0.05) is 6.04 Å². The molecular formula is C10H19NO4S. The third-order valence-corrected chi connectivity index (χ3v) is 4.19. The van der Waals surface area contributed by atoms with Gasteiger partial charge in [0.15, 0.2) is 0 Å². The fourth-order valence-electron chi connectivity index (χ4n) is 2.39. The topological polar surface area (TPSA) is 82.0 Å². The van der Waals surface area contributed by atoms with Gasteiger partial charge in [0.2, 0.25) is 0 Å². The first-order valence-corrected chi connectivity index (χ1v) is 6.89. The minimum Gasteiger partial charge on any atom is -0.388 e. The average molecular weight is 249 g/mol. The molecule has 2 fully saturated rings. The largest absolute Gasteiger partial charge is 0.388 e. The monoisotopic (exact) mass is 249 g/mol. The molecular weight excluding hydrogens is 230 g/mol. The van der Waals surface area contributed by atoms with Crippen LogP contribution >= 0.6 is 11.8 Å². The highest BCUT2D eigenvalue weighted by atomic mass is 32.2. The molecule has 0 aliphatic carbocycles. The molecule has 2 aliphatic rings. The van der Waals surface area contributed by atoms with Gasteiger partial charge < -0.3 is 25.4 Å². The fourth-order valence-corrected chi connectivity index (χ4v) is 3.07. The van der Waals surface area contributed by atoms with Crippen molar-refractivity contribution in [2.45, 2.75) is 48.7 Å². The maximum absolute atomic E-state index is 9.90. The summed E-state index contributed by atoms with van der Waals surface area (Å²) in [4.78, 5) is 0. The first-order chi connectivity index (χ1) is 7.65. The van der Waals surface area contributed by atoms with Gasteiger partial charge in [-0.3, -0.25) is 0 Å². The summed E-state index contributed by atoms with van der Waals surface area (Å²) in [6.45, 7) is 0.916. The molecule has 0 bridgehead atoms. The molecule has 2 rings (SSSR count). The summed E-state index contributed by atoms with van der Waals surface area (Å²) >= 11 is 1.35. The number of aliphatic hydroxyl groups is 3. The van der Waals surface area contributed by atoms with Crippen molar-refractivity contribution in [3.63, 3.8) is 0 Å². The Hall–Kier alpha value is 0.150. The first kappa shape index (κ1) is 12.6. The van der Waals surface area contributed by atoms with Crippen molar-refractivity contribution >= 4 is 11.8 Å². The summed E-state index contributed by atoms with van der Waals surface area (Å²) in [6.07, 6.45) is 0.205. The highest BCUT2D eigenvalue weighted by molar-refractivity contribution is 7.99. The molecule has 16 heavy (non-hydrogen) atoms. The zero-order valence-electron chi connectivity index (χ0n) is 9.24. The van der Waals surface area contributed by atoms with Crippen molar-refractivity contribution in [1.29, 1.82) is 0 Å². The zero-order valence-corrected chi connectivity index (χ0v) is 10.1. The molecule has 3 unspecified atom stereocenters. The highest BCUT2D eigenvalue weighted by Crippen LogP contribution is 2.30. The van der Waals surface area contributed by atoms with Gasteiger partial charge in [-0.1, -0.05) is 0 Å². The lowest BCUT2D eigenvalue weighted by Gasteiger charge is -2.42. The van der Waals surface area contributed by atoms with Gasteiger partial charge in [-0.25, -0.2) is 0 Å². The van der Waals surface area contributed by atoms with Crippen LogP contribution in [-0.4, -0.2) is 64.0 Å². The number of ether oxygens (including phenoxy) is 1. The summed E-state index contributed by atoms with van der Waals surface area (Å²) in [6, 6.07) is 0.0757. The number of hydrogen-bond acceptors (Lipinski definition) is 6. The minimum absolute atomic E-state index is 0.0757. The van der Waals surface area contributed by atoms with E-state index in [9.17, 15) is 15.3 Å². The van der Waals surface area contributed by atoms with Gasteiger partial charge in [-0.2, -0.15) is 0 Å². The average Bonchev–Trinajstić information content (AvgIpc) is 2.80. The van der Waals surface area contributed by atoms with Crippen molar-refractivity contribution in [1.82, 2.24) is 5.32 Å². The third-order valence-electron chi connectivity index (χ3n) is 3.33. The number of hydrogen-bond donors (Lipinski definition) is 4. The van der Waals surface area contributed by atoms with Crippen LogP contribution in [0.15, 0.2) is 0 Å². The van der Waals surface area contributed by atoms with Crippen molar-refractivity contribution in [2.75, 3.05) is 12.8 Å². The van der Waals surface area contributed by atoms with Gasteiger partial charge in [0.25, 0.3) is 0 Å². The van der Waals surface area contributed by atoms with Crippen LogP contribution in [0.2, 0.25) is 0 Å². The summed E-state index contributed by atoms with van der Waals surface area (Å²) < 4.78 is 5.65. The van der Waals surface area contributed by atoms with Crippen LogP contribution in [0.4, 0.5) is 0 Å². The van der Waals surface area contributed by atoms with Crippen LogP contribution in [-0.2, 0) is 4.74 Å². The Kier molecular flexibility index (Phi) is 4.10. The van der Waals surface area contributed by atoms with E-state index in [0.717, 1.165) is 19.4 Å². The lowest BCUT2D eigenvalue weighted by molar-refractivity contribution is -0.203. The van der Waals surface area contributed by atoms with Gasteiger partial charge in [0.1, 0.15) is 29.9 Å². The van der Waals surface area contributed by atoms with E-state index in [0.29, 0.717) is 0 Å². The predicted octanol–water partition coefficient (Wildman–Crippen LogP) is -1.09. The lowest BCUT2D eigenvalue weighted by Crippen LogP contribution is -2.61. The van der Waals surface area contributed by atoms with Crippen molar-refractivity contribution < 1.29 is 20.1 Å². The van der Waals surface area contributed by atoms with E-state index in [1.54, 1.807) is 0 Å². The first-order valence-electron chi connectivity index (χ1n) is 5.61. The maximum Gasteiger partial charge on any atom is 0.132 e. The van der Waals surface area contributed by atoms with Gasteiger partial charge in [-0.15, -0.1) is 11.8 Å². The van der Waals surface area contributed by atoms with Crippen molar-refractivity contribution in [3.05, 3.63) is 0 Å². The number of nitrogens with one attached hydrogen (secondary N) is 1. The molecule has 6 heteroatoms. The highest BCUT2D eigenvalue weighted by Gasteiger charge is 2.46. The Morgan fingerprint density at radius 2 is 1.94 bits per heavy atom. The van der Waals surface area contributed by atoms with E-state index in [1.165, 1.54) is 11.8 Å². The molecule has 0 radical (unpaired) electrons. The van der Waals surface area contributed by atoms with Gasteiger partial charge in [0.05, 0.1) is 0 Å². The molecule has 6 atom stereocenters. The van der Waals surface area contributed by atoms with Crippen LogP contribution in [0, 0.1) is 0 Å². The summed E-state index contributed by atoms with van der Waals surface area (Å²) in [5.74, 6) is 0. The van der Waals surface area contributed by atoms with E-state index >= 15 is 0 Å². The van der Waals surface area contributed by atoms with E-state index < -0.39 is 29.9 Å². The van der Waals surface area contributed by atoms with Crippen LogP contribution in [0.1, 0.15) is 12.8 Å². The second-order valence-electron chi connectivity index (χ2n) is 4.38. The molecule has 2 saturated heterocycles. The Morgan fingerprint density at radius 1 is 1.19 bits per heavy atom. The molecule has 2 aliphatic heterocycles. The molecule has 0 aromatic rings. The lowest BCUT2D eigenvalue weighted by atomic mass is 9.94. The number of rotatable bonds is 2. The van der Waals surface area contributed by atoms with Crippen LogP contribution in [0.5, 0.6) is 0 Å². The molecule has 0 aromatic carbocycles. The molecule has 94 valence electrons. The molecule has 0 spiro atoms. The molecule has 4 N–H and O–H groups in total. The third kappa shape index (κ3) is 2.23. The quantitative estimate of drug-likeness (QED) is 0.498. The molecule has 0 aromatic heterocycles. The van der Waals surface area contributed by atoms with Crippen LogP contribution < -0.4 is 5.32 Å². The Labute approximate surface area is 99.2 Å². The fraction of sp³-hybridized carbons (Fsp3) is 1.00.